The molecule has 0 bridgehead atoms. The zero-order valence-electron chi connectivity index (χ0n) is 76.2. The van der Waals surface area contributed by atoms with Crippen molar-refractivity contribution in [1.29, 1.82) is 5.41 Å². The first-order valence-corrected chi connectivity index (χ1v) is 45.2. The average molecular weight is 1840 g/mol. The first-order chi connectivity index (χ1) is 62.9. The summed E-state index contributed by atoms with van der Waals surface area (Å²) in [6.07, 6.45) is 1.39. The molecule has 11 atom stereocenters. The maximum Gasteiger partial charge on any atom is 0.246 e. The molecule has 1 aliphatic rings. The number of nitrogens with zero attached hydrogens (tertiary/aromatic N) is 5. The molecule has 1 saturated heterocycles. The Morgan fingerprint density at radius 2 is 0.909 bits per heavy atom. The highest BCUT2D eigenvalue weighted by atomic mass is 32.2. The van der Waals surface area contributed by atoms with Gasteiger partial charge in [0, 0.05) is 103 Å². The second-order valence-electron chi connectivity index (χ2n) is 33.9. The van der Waals surface area contributed by atoms with Gasteiger partial charge in [0.25, 0.3) is 0 Å². The lowest BCUT2D eigenvalue weighted by Crippen LogP contribution is -2.61. The Kier molecular flexibility index (Phi) is 39.9. The summed E-state index contributed by atoms with van der Waals surface area (Å²) < 4.78 is 0. The summed E-state index contributed by atoms with van der Waals surface area (Å²) >= 11 is 0.842. The number of benzene rings is 6. The van der Waals surface area contributed by atoms with Gasteiger partial charge in [-0.1, -0.05) is 181 Å². The molecule has 0 aliphatic carbocycles. The number of nitrogens with one attached hydrogen (secondary N) is 12. The molecule has 132 heavy (non-hydrogen) atoms. The number of primary amides is 1. The first kappa shape index (κ1) is 104. The number of unbranched alkanes of at least 4 members (excludes halogenated alkanes) is 1. The number of para-hydroxylation sites is 1. The zero-order valence-corrected chi connectivity index (χ0v) is 77.0. The number of aromatic nitrogens is 1. The molecule has 36 nitrogen and oxygen atoms in total. The summed E-state index contributed by atoms with van der Waals surface area (Å²) in [7, 11) is 6.78. The number of H-pyrrole nitrogens is 1. The molecule has 15 amide bonds. The quantitative estimate of drug-likeness (QED) is 0.0221. The molecule has 6 aromatic carbocycles. The van der Waals surface area contributed by atoms with E-state index in [0.717, 1.165) is 26.5 Å². The summed E-state index contributed by atoms with van der Waals surface area (Å²) in [4.78, 5) is 233. The smallest absolute Gasteiger partial charge is 0.246 e. The Morgan fingerprint density at radius 3 is 1.45 bits per heavy atom. The first-order valence-electron chi connectivity index (χ1n) is 44.0. The Hall–Kier alpha value is -13.9. The number of thioether (sulfide) groups is 1. The molecule has 8 rings (SSSR count). The molecule has 0 unspecified atom stereocenters. The lowest BCUT2D eigenvalue weighted by molar-refractivity contribution is -0.151. The van der Waals surface area contributed by atoms with Crippen molar-refractivity contribution < 1.29 is 82.1 Å². The van der Waals surface area contributed by atoms with Gasteiger partial charge >= 0.3 is 0 Å². The van der Waals surface area contributed by atoms with Gasteiger partial charge in [-0.25, -0.2) is 0 Å². The van der Waals surface area contributed by atoms with E-state index in [2.05, 4.69) is 58.2 Å². The van der Waals surface area contributed by atoms with Crippen molar-refractivity contribution >= 4 is 117 Å². The number of phenolic OH excluding ortho intramolecular Hbond substituents is 2. The van der Waals surface area contributed by atoms with Crippen molar-refractivity contribution in [3.05, 3.63) is 203 Å². The number of carbonyl (C=O) groups excluding carboxylic acids is 15. The Labute approximate surface area is 772 Å². The summed E-state index contributed by atoms with van der Waals surface area (Å²) in [6, 6.07) is 28.6. The topological polar surface area (TPSA) is 525 Å². The molecule has 0 spiro atoms. The standard InChI is InChI=1S/C95H125N19O17S/c1-11-12-34-76-92(129)111(7)54-80(118)102-69(33-24-43-99-95(97)98)85(122)109-83(58(4)5)94(131)113(9)77(48-60-27-18-14-19-28-60)89(126)107-73(47-63-37-41-66(116)42-38-63)90(127)110(6)53-81(119)103-72(50-64-51-100-68-32-23-22-31-67(64)68)88(125)106-71(45-62-35-39-65(115)40-36-62)87(124)105-70(44-57(2)3)86(123)108-75(84(121)101-52-79(96)117)55-132-56-82(120)104-74(46-59-25-16-13-17-26-59)91(128)114(10)78(93(130)112(76)8)49-61-29-20-15-21-30-61/h13-23,25-32,35-42,51,57-58,69-78,83,100,115-116H,11-12,24,33-34,43-50,52-56H2,1-10H3,(H2,96,117)(H,101,121)(H,102,118)(H,103,119)(H,104,120)(H,105,124)(H,106,125)(H,107,126)(H,108,123)(H,109,122)(H4,97,98,99)/t69-,70-,71-,72-,73-,74-,75-,76-,77-,78-,83-/m0/s1. The van der Waals surface area contributed by atoms with Crippen molar-refractivity contribution in [3.8, 4) is 11.5 Å². The monoisotopic (exact) mass is 1840 g/mol. The third-order valence-corrected chi connectivity index (χ3v) is 23.7. The van der Waals surface area contributed by atoms with E-state index in [1.807, 2.05) is 6.92 Å². The van der Waals surface area contributed by atoms with Crippen LogP contribution >= 0.6 is 11.8 Å². The van der Waals surface area contributed by atoms with E-state index < -0.39 is 186 Å². The zero-order chi connectivity index (χ0) is 96.4. The predicted molar refractivity (Wildman–Crippen MR) is 499 cm³/mol. The fourth-order valence-corrected chi connectivity index (χ4v) is 16.2. The number of guanidine groups is 1. The number of likely N-dealkylation sites (N-methyl/N-ethyl adjacent to an activating group) is 5. The second-order valence-corrected chi connectivity index (χ2v) is 35.0. The van der Waals surface area contributed by atoms with Crippen LogP contribution in [0.15, 0.2) is 170 Å². The van der Waals surface area contributed by atoms with Gasteiger partial charge in [0.2, 0.25) is 88.6 Å². The van der Waals surface area contributed by atoms with E-state index in [-0.39, 0.29) is 99.9 Å². The molecule has 18 N–H and O–H groups in total. The van der Waals surface area contributed by atoms with E-state index in [9.17, 15) is 39.0 Å². The van der Waals surface area contributed by atoms with Crippen molar-refractivity contribution in [2.75, 3.05) is 72.9 Å². The number of rotatable bonds is 25. The molecule has 2 heterocycles. The number of aromatic hydroxyl groups is 2. The van der Waals surface area contributed by atoms with Crippen LogP contribution in [-0.2, 0) is 110 Å². The van der Waals surface area contributed by atoms with Crippen LogP contribution in [-0.4, -0.2) is 274 Å². The largest absolute Gasteiger partial charge is 0.508 e. The highest BCUT2D eigenvalue weighted by Crippen LogP contribution is 2.25. The third kappa shape index (κ3) is 31.8. The average Bonchev–Trinajstić information content (AvgIpc) is 1.42. The van der Waals surface area contributed by atoms with Crippen LogP contribution in [0.25, 0.3) is 10.9 Å². The van der Waals surface area contributed by atoms with E-state index >= 15 is 43.2 Å². The van der Waals surface area contributed by atoms with E-state index in [1.165, 1.54) is 93.6 Å². The van der Waals surface area contributed by atoms with Crippen molar-refractivity contribution in [2.45, 2.75) is 178 Å². The molecule has 0 saturated carbocycles. The van der Waals surface area contributed by atoms with Crippen LogP contribution in [0.1, 0.15) is 107 Å². The van der Waals surface area contributed by atoms with Crippen molar-refractivity contribution in [2.24, 2.45) is 23.3 Å². The molecule has 1 aliphatic heterocycles. The Bertz CT molecular complexity index is 5130. The van der Waals surface area contributed by atoms with Crippen molar-refractivity contribution in [1.82, 2.24) is 82.7 Å². The second kappa shape index (κ2) is 50.9. The van der Waals surface area contributed by atoms with Crippen LogP contribution < -0.4 is 64.6 Å². The maximum absolute atomic E-state index is 15.6. The minimum atomic E-state index is -1.59. The predicted octanol–water partition coefficient (Wildman–Crippen LogP) is 2.12. The summed E-state index contributed by atoms with van der Waals surface area (Å²) in [5.41, 5.74) is 14.9. The number of amides is 15. The molecule has 0 radical (unpaired) electrons. The molecule has 1 fully saturated rings. The van der Waals surface area contributed by atoms with Gasteiger partial charge in [-0.05, 0) is 101 Å². The lowest BCUT2D eigenvalue weighted by atomic mass is 9.98. The van der Waals surface area contributed by atoms with E-state index in [1.54, 1.807) is 149 Å². The van der Waals surface area contributed by atoms with Crippen molar-refractivity contribution in [3.63, 3.8) is 0 Å². The molecule has 7 aromatic rings. The number of fused-ring (bicyclic) bond motifs is 1. The van der Waals surface area contributed by atoms with Crippen LogP contribution in [0.4, 0.5) is 0 Å². The Morgan fingerprint density at radius 1 is 0.455 bits per heavy atom. The molecule has 37 heteroatoms. The van der Waals surface area contributed by atoms with Gasteiger partial charge in [-0.15, -0.1) is 11.8 Å². The van der Waals surface area contributed by atoms with Crippen LogP contribution in [0, 0.1) is 17.2 Å². The molecular weight excluding hydrogens is 1710 g/mol. The molecular formula is C95H125N19O17S. The van der Waals surface area contributed by atoms with Gasteiger partial charge in [0.1, 0.15) is 78.0 Å². The normalized spacial score (nSPS) is 21.7. The summed E-state index contributed by atoms with van der Waals surface area (Å²) in [6.45, 7) is 6.59. The minimum absolute atomic E-state index is 0.0532. The lowest BCUT2D eigenvalue weighted by Gasteiger charge is -2.37. The fourth-order valence-electron chi connectivity index (χ4n) is 15.4. The van der Waals surface area contributed by atoms with Crippen LogP contribution in [0.2, 0.25) is 0 Å². The third-order valence-electron chi connectivity index (χ3n) is 22.7. The highest BCUT2D eigenvalue weighted by Gasteiger charge is 2.42. The van der Waals surface area contributed by atoms with E-state index in [4.69, 9.17) is 16.9 Å². The summed E-state index contributed by atoms with van der Waals surface area (Å²) in [5.74, 6) is -15.2. The highest BCUT2D eigenvalue weighted by molar-refractivity contribution is 8.00. The SMILES string of the molecule is CCCC[C@H]1C(=O)N(C)CC(=O)N[C@@H](CCCNC(=N)N)C(=O)N[C@@H](C(C)C)C(=O)N(C)[C@@H](Cc2ccccc2)C(=O)N[C@@H](Cc2ccc(O)cc2)C(=O)N(C)CC(=O)N[C@@H](Cc2c[nH]c3ccccc23)C(=O)N[C@@H](Cc2ccc(O)cc2)C(=O)N[C@@H](CC(C)C)C(=O)N[C@H](C(=O)NCC(N)=O)CSCC(=O)N[C@@H](Cc2ccccc2)C(=O)N(C)[C@@H](Cc2ccccc2)C(=O)N1C. The van der Waals surface area contributed by atoms with Gasteiger partial charge in [0.05, 0.1) is 25.4 Å². The van der Waals surface area contributed by atoms with Gasteiger partial charge in [-0.3, -0.25) is 77.3 Å². The van der Waals surface area contributed by atoms with Gasteiger partial charge < -0.3 is 104 Å². The molecule has 1 aromatic heterocycles. The van der Waals surface area contributed by atoms with Gasteiger partial charge in [0.15, 0.2) is 5.96 Å². The van der Waals surface area contributed by atoms with Gasteiger partial charge in [-0.2, -0.15) is 0 Å². The number of phenols is 2. The summed E-state index contributed by atoms with van der Waals surface area (Å²) in [5, 5.41) is 56.6. The number of aromatic amines is 1. The number of carbonyl (C=O) groups is 15. The maximum atomic E-state index is 15.6. The van der Waals surface area contributed by atoms with Crippen LogP contribution in [0.5, 0.6) is 11.5 Å². The fraction of sp³-hybridized carbons (Fsp3) is 0.432. The van der Waals surface area contributed by atoms with E-state index in [0.29, 0.717) is 57.1 Å². The number of nitrogens with two attached hydrogens (primary N) is 2. The number of hydrogen-bond donors (Lipinski definition) is 16. The van der Waals surface area contributed by atoms with Crippen LogP contribution in [0.3, 0.4) is 0 Å². The minimum Gasteiger partial charge on any atom is -0.508 e. The molecule has 708 valence electrons. The number of hydrogen-bond acceptors (Lipinski definition) is 19. The Balaban J connectivity index is 1.22.